The molecule has 0 aliphatic carbocycles. The lowest BCUT2D eigenvalue weighted by Crippen LogP contribution is -2.27. The molecule has 0 radical (unpaired) electrons. The summed E-state index contributed by atoms with van der Waals surface area (Å²) < 4.78 is 58.0. The van der Waals surface area contributed by atoms with Crippen LogP contribution in [-0.2, 0) is 16.6 Å². The predicted molar refractivity (Wildman–Crippen MR) is 90.7 cm³/mol. The van der Waals surface area contributed by atoms with E-state index >= 15 is 0 Å². The van der Waals surface area contributed by atoms with E-state index in [2.05, 4.69) is 0 Å². The lowest BCUT2D eigenvalue weighted by Gasteiger charge is -2.18. The minimum absolute atomic E-state index is 0.0553. The lowest BCUT2D eigenvalue weighted by molar-refractivity contribution is 0.414. The highest BCUT2D eigenvalue weighted by Gasteiger charge is 2.27. The van der Waals surface area contributed by atoms with Crippen molar-refractivity contribution in [2.24, 2.45) is 0 Å². The molecule has 0 unspecified atom stereocenters. The molecule has 0 aromatic heterocycles. The summed E-state index contributed by atoms with van der Waals surface area (Å²) in [6.45, 7) is 0.0553. The maximum absolute atomic E-state index is 14.1. The van der Waals surface area contributed by atoms with E-state index < -0.39 is 26.6 Å². The van der Waals surface area contributed by atoms with Crippen molar-refractivity contribution in [2.75, 3.05) is 14.2 Å². The number of ether oxygens (including phenoxy) is 1. The van der Waals surface area contributed by atoms with E-state index in [1.165, 1.54) is 36.7 Å². The molecule has 8 heteroatoms. The molecule has 0 aliphatic rings. The third-order valence-corrected chi connectivity index (χ3v) is 6.06. The van der Waals surface area contributed by atoms with Crippen molar-refractivity contribution in [1.82, 2.24) is 4.31 Å². The second-order valence-electron chi connectivity index (χ2n) is 4.78. The summed E-state index contributed by atoms with van der Waals surface area (Å²) in [5.41, 5.74) is 0.717. The van der Waals surface area contributed by atoms with Gasteiger partial charge in [-0.2, -0.15) is 4.31 Å². The third-order valence-electron chi connectivity index (χ3n) is 3.25. The highest BCUT2D eigenvalue weighted by molar-refractivity contribution is 14.1. The Kier molecular flexibility index (Phi) is 5.58. The first-order chi connectivity index (χ1) is 10.8. The number of hydrogen-bond acceptors (Lipinski definition) is 3. The van der Waals surface area contributed by atoms with Gasteiger partial charge in [-0.25, -0.2) is 17.2 Å². The zero-order valence-electron chi connectivity index (χ0n) is 12.4. The molecule has 2 aromatic carbocycles. The molecule has 0 spiro atoms. The van der Waals surface area contributed by atoms with Crippen LogP contribution in [0.1, 0.15) is 5.56 Å². The second-order valence-corrected chi connectivity index (χ2v) is 7.87. The Morgan fingerprint density at radius 1 is 1.13 bits per heavy atom. The molecule has 0 bridgehead atoms. The molecular weight excluding hydrogens is 439 g/mol. The highest BCUT2D eigenvalue weighted by atomic mass is 127. The maximum atomic E-state index is 14.1. The van der Waals surface area contributed by atoms with E-state index in [4.69, 9.17) is 4.74 Å². The summed E-state index contributed by atoms with van der Waals surface area (Å²) in [4.78, 5) is -0.542. The van der Waals surface area contributed by atoms with Crippen LogP contribution in [0.3, 0.4) is 0 Å². The summed E-state index contributed by atoms with van der Waals surface area (Å²) in [6.07, 6.45) is 0. The lowest BCUT2D eigenvalue weighted by atomic mass is 10.2. The van der Waals surface area contributed by atoms with Crippen LogP contribution in [0.25, 0.3) is 0 Å². The van der Waals surface area contributed by atoms with Crippen LogP contribution in [0.2, 0.25) is 0 Å². The average molecular weight is 453 g/mol. The van der Waals surface area contributed by atoms with Gasteiger partial charge in [0.05, 0.1) is 10.7 Å². The van der Waals surface area contributed by atoms with Gasteiger partial charge in [-0.15, -0.1) is 0 Å². The van der Waals surface area contributed by atoms with Gasteiger partial charge < -0.3 is 4.74 Å². The summed E-state index contributed by atoms with van der Waals surface area (Å²) >= 11 is 1.44. The van der Waals surface area contributed by atoms with E-state index in [1.807, 2.05) is 0 Å². The molecule has 23 heavy (non-hydrogen) atoms. The molecule has 0 amide bonds. The van der Waals surface area contributed by atoms with E-state index in [-0.39, 0.29) is 10.1 Å². The Labute approximate surface area is 147 Å². The van der Waals surface area contributed by atoms with Gasteiger partial charge >= 0.3 is 0 Å². The average Bonchev–Trinajstić information content (AvgIpc) is 2.53. The van der Waals surface area contributed by atoms with E-state index in [0.29, 0.717) is 11.3 Å². The smallest absolute Gasteiger partial charge is 0.246 e. The molecule has 4 nitrogen and oxygen atoms in total. The van der Waals surface area contributed by atoms with Gasteiger partial charge in [0.15, 0.2) is 5.82 Å². The third kappa shape index (κ3) is 3.81. The molecule has 0 N–H and O–H groups in total. The molecule has 0 fully saturated rings. The van der Waals surface area contributed by atoms with Gasteiger partial charge in [-0.3, -0.25) is 0 Å². The zero-order chi connectivity index (χ0) is 17.2. The fraction of sp³-hybridized carbons (Fsp3) is 0.200. The van der Waals surface area contributed by atoms with Gasteiger partial charge in [-0.1, -0.05) is 12.1 Å². The standard InChI is InChI=1S/C15H14F2INO3S/c1-19(9-10-3-5-11(22-2)6-4-10)23(20,21)13-8-7-12(16)15(18)14(13)17/h3-8H,9H2,1-2H3. The molecule has 124 valence electrons. The minimum atomic E-state index is -4.07. The van der Waals surface area contributed by atoms with Crippen molar-refractivity contribution in [1.29, 1.82) is 0 Å². The largest absolute Gasteiger partial charge is 0.497 e. The van der Waals surface area contributed by atoms with Crippen LogP contribution in [0, 0.1) is 15.2 Å². The van der Waals surface area contributed by atoms with Crippen LogP contribution >= 0.6 is 22.6 Å². The molecule has 2 rings (SSSR count). The van der Waals surface area contributed by atoms with Crippen LogP contribution in [-0.4, -0.2) is 26.9 Å². The van der Waals surface area contributed by atoms with Crippen molar-refractivity contribution in [3.8, 4) is 5.75 Å². The fourth-order valence-corrected chi connectivity index (χ4v) is 3.83. The predicted octanol–water partition coefficient (Wildman–Crippen LogP) is 3.40. The summed E-state index contributed by atoms with van der Waals surface area (Å²) in [5, 5.41) is 0. The summed E-state index contributed by atoms with van der Waals surface area (Å²) in [6, 6.07) is 8.73. The van der Waals surface area contributed by atoms with Crippen molar-refractivity contribution in [3.63, 3.8) is 0 Å². The first kappa shape index (κ1) is 18.1. The van der Waals surface area contributed by atoms with Gasteiger partial charge in [0.2, 0.25) is 10.0 Å². The normalized spacial score (nSPS) is 11.7. The number of sulfonamides is 1. The second kappa shape index (κ2) is 7.10. The SMILES string of the molecule is COc1ccc(CN(C)S(=O)(=O)c2ccc(F)c(I)c2F)cc1. The van der Waals surface area contributed by atoms with Crippen molar-refractivity contribution < 1.29 is 21.9 Å². The van der Waals surface area contributed by atoms with Gasteiger partial charge in [0, 0.05) is 13.6 Å². The number of methoxy groups -OCH3 is 1. The molecule has 0 saturated carbocycles. The number of hydrogen-bond donors (Lipinski definition) is 0. The Bertz CT molecular complexity index is 810. The Hall–Kier alpha value is -1.26. The first-order valence-corrected chi connectivity index (χ1v) is 9.02. The molecule has 0 heterocycles. The Morgan fingerprint density at radius 3 is 2.30 bits per heavy atom. The number of halogens is 3. The number of rotatable bonds is 5. The van der Waals surface area contributed by atoms with Gasteiger partial charge in [0.1, 0.15) is 16.5 Å². The fourth-order valence-electron chi connectivity index (χ4n) is 1.95. The zero-order valence-corrected chi connectivity index (χ0v) is 15.4. The monoisotopic (exact) mass is 453 g/mol. The van der Waals surface area contributed by atoms with Crippen molar-refractivity contribution >= 4 is 32.6 Å². The summed E-state index contributed by atoms with van der Waals surface area (Å²) in [7, 11) is -1.19. The van der Waals surface area contributed by atoms with Gasteiger partial charge in [0.25, 0.3) is 0 Å². The quantitative estimate of drug-likeness (QED) is 0.515. The Balaban J connectivity index is 2.30. The summed E-state index contributed by atoms with van der Waals surface area (Å²) in [5.74, 6) is -1.22. The minimum Gasteiger partial charge on any atom is -0.497 e. The van der Waals surface area contributed by atoms with Crippen LogP contribution in [0.4, 0.5) is 8.78 Å². The molecule has 0 atom stereocenters. The van der Waals surface area contributed by atoms with Crippen LogP contribution in [0.5, 0.6) is 5.75 Å². The van der Waals surface area contributed by atoms with E-state index in [1.54, 1.807) is 24.3 Å². The van der Waals surface area contributed by atoms with Crippen LogP contribution in [0.15, 0.2) is 41.3 Å². The van der Waals surface area contributed by atoms with Crippen molar-refractivity contribution in [3.05, 3.63) is 57.2 Å². The number of benzene rings is 2. The Morgan fingerprint density at radius 2 is 1.74 bits per heavy atom. The molecule has 0 aliphatic heterocycles. The highest BCUT2D eigenvalue weighted by Crippen LogP contribution is 2.25. The van der Waals surface area contributed by atoms with Crippen molar-refractivity contribution in [2.45, 2.75) is 11.4 Å². The van der Waals surface area contributed by atoms with Gasteiger partial charge in [-0.05, 0) is 52.4 Å². The van der Waals surface area contributed by atoms with E-state index in [0.717, 1.165) is 16.4 Å². The first-order valence-electron chi connectivity index (χ1n) is 6.50. The number of nitrogens with zero attached hydrogens (tertiary/aromatic N) is 1. The van der Waals surface area contributed by atoms with E-state index in [9.17, 15) is 17.2 Å². The molecule has 0 saturated heterocycles. The molecular formula is C15H14F2INO3S. The van der Waals surface area contributed by atoms with Crippen LogP contribution < -0.4 is 4.74 Å². The maximum Gasteiger partial charge on any atom is 0.246 e. The topological polar surface area (TPSA) is 46.6 Å². The molecule has 2 aromatic rings.